The second-order valence-electron chi connectivity index (χ2n) is 6.62. The van der Waals surface area contributed by atoms with Crippen molar-refractivity contribution in [3.8, 4) is 0 Å². The van der Waals surface area contributed by atoms with Crippen molar-refractivity contribution >= 4 is 15.5 Å². The van der Waals surface area contributed by atoms with E-state index in [2.05, 4.69) is 24.1 Å². The molecule has 0 aliphatic carbocycles. The maximum absolute atomic E-state index is 12.5. The predicted octanol–water partition coefficient (Wildman–Crippen LogP) is 3.28. The van der Waals surface area contributed by atoms with Crippen molar-refractivity contribution in [1.82, 2.24) is 4.90 Å². The number of benzene rings is 1. The summed E-state index contributed by atoms with van der Waals surface area (Å²) >= 11 is 0. The van der Waals surface area contributed by atoms with Crippen LogP contribution >= 0.6 is 0 Å². The van der Waals surface area contributed by atoms with Crippen LogP contribution in [-0.2, 0) is 14.6 Å². The highest BCUT2D eigenvalue weighted by Gasteiger charge is 2.46. The summed E-state index contributed by atoms with van der Waals surface area (Å²) in [5.74, 6) is 0. The van der Waals surface area contributed by atoms with Crippen LogP contribution in [0.5, 0.6) is 0 Å². The standard InChI is InChI=1S/C17H25F3N2O3S/c1-13-11-22(12-14(2)25-13)10-4-3-9-21-15-5-7-16(8-6-15)26(23,24)17(18,19)20/h5-8,13-14,21H,3-4,9-12H2,1-2H3/t13-,14+. The summed E-state index contributed by atoms with van der Waals surface area (Å²) in [5.41, 5.74) is -4.68. The maximum atomic E-state index is 12.5. The third-order valence-corrected chi connectivity index (χ3v) is 5.70. The van der Waals surface area contributed by atoms with Crippen molar-refractivity contribution in [3.63, 3.8) is 0 Å². The quantitative estimate of drug-likeness (QED) is 0.720. The van der Waals surface area contributed by atoms with Crippen LogP contribution in [0.2, 0.25) is 0 Å². The monoisotopic (exact) mass is 394 g/mol. The average Bonchev–Trinajstić information content (AvgIpc) is 2.53. The zero-order valence-electron chi connectivity index (χ0n) is 14.9. The number of nitrogens with zero attached hydrogens (tertiary/aromatic N) is 1. The van der Waals surface area contributed by atoms with Crippen LogP contribution in [0.25, 0.3) is 0 Å². The van der Waals surface area contributed by atoms with Gasteiger partial charge in [-0.25, -0.2) is 8.42 Å². The lowest BCUT2D eigenvalue weighted by Crippen LogP contribution is -2.45. The van der Waals surface area contributed by atoms with Gasteiger partial charge in [0.25, 0.3) is 9.84 Å². The smallest absolute Gasteiger partial charge is 0.385 e. The molecule has 1 saturated heterocycles. The van der Waals surface area contributed by atoms with E-state index in [0.29, 0.717) is 12.2 Å². The number of rotatable bonds is 7. The molecule has 0 amide bonds. The van der Waals surface area contributed by atoms with Gasteiger partial charge in [0.2, 0.25) is 0 Å². The van der Waals surface area contributed by atoms with Crippen LogP contribution in [0.4, 0.5) is 18.9 Å². The average molecular weight is 394 g/mol. The Bertz CT molecular complexity index is 667. The van der Waals surface area contributed by atoms with Gasteiger partial charge in [-0.3, -0.25) is 4.90 Å². The van der Waals surface area contributed by atoms with Gasteiger partial charge in [-0.15, -0.1) is 0 Å². The fraction of sp³-hybridized carbons (Fsp3) is 0.647. The van der Waals surface area contributed by atoms with E-state index in [1.54, 1.807) is 0 Å². The minimum atomic E-state index is -5.29. The molecule has 0 aromatic heterocycles. The van der Waals surface area contributed by atoms with Crippen molar-refractivity contribution in [2.24, 2.45) is 0 Å². The molecular formula is C17H25F3N2O3S. The Morgan fingerprint density at radius 3 is 2.23 bits per heavy atom. The third kappa shape index (κ3) is 5.59. The van der Waals surface area contributed by atoms with Crippen molar-refractivity contribution in [2.45, 2.75) is 49.3 Å². The Morgan fingerprint density at radius 1 is 1.12 bits per heavy atom. The van der Waals surface area contributed by atoms with E-state index < -0.39 is 20.2 Å². The second kappa shape index (κ2) is 8.58. The molecule has 0 spiro atoms. The van der Waals surface area contributed by atoms with E-state index in [1.807, 2.05) is 0 Å². The summed E-state index contributed by atoms with van der Waals surface area (Å²) < 4.78 is 65.8. The topological polar surface area (TPSA) is 58.6 Å². The van der Waals surface area contributed by atoms with E-state index in [9.17, 15) is 21.6 Å². The molecule has 0 radical (unpaired) electrons. The fourth-order valence-corrected chi connectivity index (χ4v) is 3.81. The zero-order valence-corrected chi connectivity index (χ0v) is 15.7. The molecule has 9 heteroatoms. The minimum Gasteiger partial charge on any atom is -0.385 e. The molecule has 1 fully saturated rings. The predicted molar refractivity (Wildman–Crippen MR) is 93.9 cm³/mol. The number of alkyl halides is 3. The molecule has 26 heavy (non-hydrogen) atoms. The molecule has 5 nitrogen and oxygen atoms in total. The van der Waals surface area contributed by atoms with Crippen LogP contribution in [0.15, 0.2) is 29.2 Å². The number of halogens is 3. The zero-order chi connectivity index (χ0) is 19.4. The minimum absolute atomic E-state index is 0.239. The van der Waals surface area contributed by atoms with Gasteiger partial charge in [-0.1, -0.05) is 0 Å². The first-order chi connectivity index (χ1) is 12.1. The fourth-order valence-electron chi connectivity index (χ4n) is 3.05. The first-order valence-corrected chi connectivity index (χ1v) is 10.1. The molecule has 1 aromatic carbocycles. The number of unbranched alkanes of at least 4 members (excludes halogenated alkanes) is 1. The van der Waals surface area contributed by atoms with Crippen molar-refractivity contribution in [2.75, 3.05) is 31.5 Å². The summed E-state index contributed by atoms with van der Waals surface area (Å²) in [6, 6.07) is 4.65. The highest BCUT2D eigenvalue weighted by Crippen LogP contribution is 2.30. The van der Waals surface area contributed by atoms with E-state index >= 15 is 0 Å². The number of nitrogens with one attached hydrogen (secondary N) is 1. The number of morpholine rings is 1. The SMILES string of the molecule is C[C@@H]1CN(CCCCNc2ccc(S(=O)(=O)C(F)(F)F)cc2)C[C@H](C)O1. The number of hydrogen-bond donors (Lipinski definition) is 1. The number of ether oxygens (including phenoxy) is 1. The van der Waals surface area contributed by atoms with Crippen molar-refractivity contribution < 1.29 is 26.3 Å². The molecular weight excluding hydrogens is 369 g/mol. The van der Waals surface area contributed by atoms with Gasteiger partial charge in [0, 0.05) is 25.3 Å². The lowest BCUT2D eigenvalue weighted by molar-refractivity contribution is -0.0681. The molecule has 1 aliphatic rings. The first-order valence-electron chi connectivity index (χ1n) is 8.62. The normalized spacial score (nSPS) is 22.3. The van der Waals surface area contributed by atoms with Gasteiger partial charge in [-0.05, 0) is 57.5 Å². The van der Waals surface area contributed by atoms with Crippen molar-refractivity contribution in [1.29, 1.82) is 0 Å². The van der Waals surface area contributed by atoms with Gasteiger partial charge in [0.1, 0.15) is 0 Å². The Morgan fingerprint density at radius 2 is 1.69 bits per heavy atom. The highest BCUT2D eigenvalue weighted by atomic mass is 32.2. The largest absolute Gasteiger partial charge is 0.501 e. The Balaban J connectivity index is 1.73. The summed E-state index contributed by atoms with van der Waals surface area (Å²) in [6.07, 6.45) is 2.38. The van der Waals surface area contributed by atoms with E-state index in [1.165, 1.54) is 12.1 Å². The Hall–Kier alpha value is -1.32. The van der Waals surface area contributed by atoms with E-state index in [4.69, 9.17) is 4.74 Å². The van der Waals surface area contributed by atoms with Gasteiger partial charge in [0.15, 0.2) is 0 Å². The molecule has 0 unspecified atom stereocenters. The molecule has 148 valence electrons. The van der Waals surface area contributed by atoms with Crippen LogP contribution < -0.4 is 5.32 Å². The van der Waals surface area contributed by atoms with Gasteiger partial charge >= 0.3 is 5.51 Å². The lowest BCUT2D eigenvalue weighted by Gasteiger charge is -2.35. The first kappa shape index (κ1) is 21.0. The van der Waals surface area contributed by atoms with Crippen LogP contribution in [0.1, 0.15) is 26.7 Å². The number of hydrogen-bond acceptors (Lipinski definition) is 5. The van der Waals surface area contributed by atoms with E-state index in [0.717, 1.165) is 44.6 Å². The molecule has 1 aromatic rings. The van der Waals surface area contributed by atoms with Gasteiger partial charge in [0.05, 0.1) is 17.1 Å². The summed E-state index contributed by atoms with van der Waals surface area (Å²) in [5, 5.41) is 3.10. The number of sulfone groups is 1. The third-order valence-electron chi connectivity index (χ3n) is 4.19. The molecule has 1 heterocycles. The Kier molecular flexibility index (Phi) is 6.92. The molecule has 1 aliphatic heterocycles. The van der Waals surface area contributed by atoms with Gasteiger partial charge in [-0.2, -0.15) is 13.2 Å². The van der Waals surface area contributed by atoms with Crippen LogP contribution in [0, 0.1) is 0 Å². The lowest BCUT2D eigenvalue weighted by atomic mass is 10.2. The molecule has 0 saturated carbocycles. The Labute approximate surface area is 152 Å². The van der Waals surface area contributed by atoms with E-state index in [-0.39, 0.29) is 12.2 Å². The summed E-state index contributed by atoms with van der Waals surface area (Å²) in [6.45, 7) is 7.61. The van der Waals surface area contributed by atoms with Crippen LogP contribution in [-0.4, -0.2) is 57.2 Å². The molecule has 1 N–H and O–H groups in total. The molecule has 2 atom stereocenters. The maximum Gasteiger partial charge on any atom is 0.501 e. The number of anilines is 1. The highest BCUT2D eigenvalue weighted by molar-refractivity contribution is 7.92. The van der Waals surface area contributed by atoms with Crippen LogP contribution in [0.3, 0.4) is 0 Å². The molecule has 2 rings (SSSR count). The second-order valence-corrected chi connectivity index (χ2v) is 8.57. The van der Waals surface area contributed by atoms with Gasteiger partial charge < -0.3 is 10.1 Å². The molecule has 0 bridgehead atoms. The summed E-state index contributed by atoms with van der Waals surface area (Å²) in [4.78, 5) is 1.63. The van der Waals surface area contributed by atoms with Crippen molar-refractivity contribution in [3.05, 3.63) is 24.3 Å². The summed E-state index contributed by atoms with van der Waals surface area (Å²) in [7, 11) is -5.29.